The summed E-state index contributed by atoms with van der Waals surface area (Å²) in [6, 6.07) is 6.66. The molecule has 1 saturated carbocycles. The second kappa shape index (κ2) is 5.72. The van der Waals surface area contributed by atoms with Gasteiger partial charge in [-0.3, -0.25) is 0 Å². The maximum Gasteiger partial charge on any atom is 0.128 e. The number of aryl methyl sites for hydroxylation is 2. The molecule has 3 heteroatoms. The van der Waals surface area contributed by atoms with Crippen LogP contribution < -0.4 is 10.1 Å². The molecule has 0 aromatic heterocycles. The van der Waals surface area contributed by atoms with Crippen LogP contribution in [0.25, 0.3) is 0 Å². The molecule has 1 aromatic carbocycles. The highest BCUT2D eigenvalue weighted by Crippen LogP contribution is 2.32. The molecule has 0 bridgehead atoms. The van der Waals surface area contributed by atoms with E-state index >= 15 is 0 Å². The molecule has 100 valence electrons. The summed E-state index contributed by atoms with van der Waals surface area (Å²) in [6.07, 6.45) is 1.34. The zero-order valence-corrected chi connectivity index (χ0v) is 11.7. The Balaban J connectivity index is 2.06. The third kappa shape index (κ3) is 2.52. The summed E-state index contributed by atoms with van der Waals surface area (Å²) >= 11 is 0. The van der Waals surface area contributed by atoms with E-state index in [1.54, 1.807) is 0 Å². The van der Waals surface area contributed by atoms with E-state index in [0.717, 1.165) is 18.8 Å². The lowest BCUT2D eigenvalue weighted by Gasteiger charge is -2.44. The molecule has 0 radical (unpaired) electrons. The highest BCUT2D eigenvalue weighted by molar-refractivity contribution is 5.40. The Morgan fingerprint density at radius 1 is 1.28 bits per heavy atom. The number of rotatable bonds is 5. The van der Waals surface area contributed by atoms with Gasteiger partial charge in [0.25, 0.3) is 0 Å². The molecule has 0 heterocycles. The lowest BCUT2D eigenvalue weighted by Crippen LogP contribution is -2.60. The smallest absolute Gasteiger partial charge is 0.128 e. The van der Waals surface area contributed by atoms with Gasteiger partial charge in [0, 0.05) is 19.1 Å². The lowest BCUT2D eigenvalue weighted by molar-refractivity contribution is -0.103. The van der Waals surface area contributed by atoms with Gasteiger partial charge in [-0.1, -0.05) is 18.2 Å². The van der Waals surface area contributed by atoms with E-state index in [1.807, 2.05) is 14.0 Å². The van der Waals surface area contributed by atoms with E-state index in [-0.39, 0.29) is 12.2 Å². The molecule has 0 aliphatic heterocycles. The van der Waals surface area contributed by atoms with Crippen molar-refractivity contribution in [3.8, 4) is 5.75 Å². The largest absolute Gasteiger partial charge is 0.487 e. The second-order valence-electron chi connectivity index (χ2n) is 4.93. The van der Waals surface area contributed by atoms with Gasteiger partial charge < -0.3 is 14.8 Å². The maximum absolute atomic E-state index is 6.14. The zero-order valence-electron chi connectivity index (χ0n) is 11.7. The first-order valence-electron chi connectivity index (χ1n) is 6.69. The third-order valence-electron chi connectivity index (χ3n) is 3.66. The zero-order chi connectivity index (χ0) is 13.1. The number of para-hydroxylation sites is 1. The fraction of sp³-hybridized carbons (Fsp3) is 0.600. The minimum absolute atomic E-state index is 0.166. The van der Waals surface area contributed by atoms with Crippen molar-refractivity contribution < 1.29 is 9.47 Å². The van der Waals surface area contributed by atoms with Gasteiger partial charge in [0.1, 0.15) is 18.0 Å². The number of benzene rings is 1. The normalized spacial score (nSPS) is 26.8. The van der Waals surface area contributed by atoms with Gasteiger partial charge in [-0.15, -0.1) is 0 Å². The Bertz CT molecular complexity index is 385. The fourth-order valence-electron chi connectivity index (χ4n) is 2.53. The van der Waals surface area contributed by atoms with Crippen LogP contribution in [0, 0.1) is 13.8 Å². The van der Waals surface area contributed by atoms with Crippen LogP contribution in [0.2, 0.25) is 0 Å². The first-order valence-corrected chi connectivity index (χ1v) is 6.69. The third-order valence-corrected chi connectivity index (χ3v) is 3.66. The number of hydrogen-bond acceptors (Lipinski definition) is 3. The number of hydrogen-bond donors (Lipinski definition) is 1. The Labute approximate surface area is 109 Å². The minimum atomic E-state index is 0.166. The number of nitrogens with one attached hydrogen (secondary N) is 1. The molecule has 1 fully saturated rings. The predicted octanol–water partition coefficient (Wildman–Crippen LogP) is 2.45. The highest BCUT2D eigenvalue weighted by Gasteiger charge is 2.43. The van der Waals surface area contributed by atoms with Crippen molar-refractivity contribution in [2.24, 2.45) is 0 Å². The molecule has 1 aliphatic rings. The molecule has 1 aromatic rings. The van der Waals surface area contributed by atoms with E-state index in [4.69, 9.17) is 9.47 Å². The Morgan fingerprint density at radius 3 is 2.50 bits per heavy atom. The van der Waals surface area contributed by atoms with Crippen LogP contribution in [0.15, 0.2) is 18.2 Å². The van der Waals surface area contributed by atoms with Crippen molar-refractivity contribution in [3.05, 3.63) is 29.3 Å². The van der Waals surface area contributed by atoms with Gasteiger partial charge in [-0.05, 0) is 38.9 Å². The fourth-order valence-corrected chi connectivity index (χ4v) is 2.53. The van der Waals surface area contributed by atoms with Gasteiger partial charge in [0.2, 0.25) is 0 Å². The van der Waals surface area contributed by atoms with Gasteiger partial charge >= 0.3 is 0 Å². The quantitative estimate of drug-likeness (QED) is 0.869. The summed E-state index contributed by atoms with van der Waals surface area (Å²) < 4.78 is 11.9. The molecule has 3 atom stereocenters. The number of ether oxygens (including phenoxy) is 2. The van der Waals surface area contributed by atoms with Crippen molar-refractivity contribution in [2.45, 2.75) is 45.4 Å². The highest BCUT2D eigenvalue weighted by atomic mass is 16.5. The minimum Gasteiger partial charge on any atom is -0.487 e. The predicted molar refractivity (Wildman–Crippen MR) is 73.2 cm³/mol. The molecule has 1 N–H and O–H groups in total. The Kier molecular flexibility index (Phi) is 4.25. The van der Waals surface area contributed by atoms with E-state index in [1.165, 1.54) is 11.1 Å². The molecule has 18 heavy (non-hydrogen) atoms. The Morgan fingerprint density at radius 2 is 1.94 bits per heavy atom. The van der Waals surface area contributed by atoms with Gasteiger partial charge in [-0.25, -0.2) is 0 Å². The van der Waals surface area contributed by atoms with Crippen molar-refractivity contribution in [1.29, 1.82) is 0 Å². The van der Waals surface area contributed by atoms with Crippen molar-refractivity contribution in [3.63, 3.8) is 0 Å². The summed E-state index contributed by atoms with van der Waals surface area (Å²) in [5, 5.41) is 3.28. The molecule has 3 unspecified atom stereocenters. The first kappa shape index (κ1) is 13.4. The monoisotopic (exact) mass is 249 g/mol. The number of likely N-dealkylation sites (N-methyl/N-ethyl adjacent to an activating group) is 1. The molecular formula is C15H23NO2. The average molecular weight is 249 g/mol. The van der Waals surface area contributed by atoms with Crippen molar-refractivity contribution >= 4 is 0 Å². The van der Waals surface area contributed by atoms with E-state index < -0.39 is 0 Å². The average Bonchev–Trinajstić information content (AvgIpc) is 2.34. The van der Waals surface area contributed by atoms with Crippen LogP contribution in [0.1, 0.15) is 24.5 Å². The summed E-state index contributed by atoms with van der Waals surface area (Å²) in [7, 11) is 1.98. The van der Waals surface area contributed by atoms with Gasteiger partial charge in [0.15, 0.2) is 0 Å². The lowest BCUT2D eigenvalue weighted by atomic mass is 9.85. The standard InChI is InChI=1S/C15H23NO2/c1-5-17-15-12(16-4)9-13(15)18-14-10(2)7-6-8-11(14)3/h6-8,12-13,15-16H,5,9H2,1-4H3. The molecule has 2 rings (SSSR count). The molecule has 0 saturated heterocycles. The Hall–Kier alpha value is -1.06. The molecule has 0 spiro atoms. The SMILES string of the molecule is CCOC1C(NC)CC1Oc1c(C)cccc1C. The van der Waals surface area contributed by atoms with Crippen LogP contribution in [0.5, 0.6) is 5.75 Å². The van der Waals surface area contributed by atoms with Crippen molar-refractivity contribution in [1.82, 2.24) is 5.32 Å². The van der Waals surface area contributed by atoms with E-state index in [2.05, 4.69) is 37.4 Å². The summed E-state index contributed by atoms with van der Waals surface area (Å²) in [6.45, 7) is 6.94. The molecule has 1 aliphatic carbocycles. The van der Waals surface area contributed by atoms with Crippen LogP contribution in [0.4, 0.5) is 0 Å². The van der Waals surface area contributed by atoms with Gasteiger partial charge in [-0.2, -0.15) is 0 Å². The molecule has 3 nitrogen and oxygen atoms in total. The van der Waals surface area contributed by atoms with Crippen LogP contribution in [0.3, 0.4) is 0 Å². The summed E-state index contributed by atoms with van der Waals surface area (Å²) in [5.74, 6) is 1.02. The van der Waals surface area contributed by atoms with E-state index in [0.29, 0.717) is 6.04 Å². The van der Waals surface area contributed by atoms with Crippen LogP contribution in [-0.4, -0.2) is 31.9 Å². The first-order chi connectivity index (χ1) is 8.67. The summed E-state index contributed by atoms with van der Waals surface area (Å²) in [4.78, 5) is 0. The maximum atomic E-state index is 6.14. The topological polar surface area (TPSA) is 30.5 Å². The van der Waals surface area contributed by atoms with E-state index in [9.17, 15) is 0 Å². The van der Waals surface area contributed by atoms with Gasteiger partial charge in [0.05, 0.1) is 0 Å². The van der Waals surface area contributed by atoms with Crippen molar-refractivity contribution in [2.75, 3.05) is 13.7 Å². The van der Waals surface area contributed by atoms with Crippen LogP contribution in [-0.2, 0) is 4.74 Å². The molecule has 0 amide bonds. The second-order valence-corrected chi connectivity index (χ2v) is 4.93. The molecular weight excluding hydrogens is 226 g/mol. The van der Waals surface area contributed by atoms with Crippen LogP contribution >= 0.6 is 0 Å². The summed E-state index contributed by atoms with van der Waals surface area (Å²) in [5.41, 5.74) is 2.39.